The van der Waals surface area contributed by atoms with E-state index in [9.17, 15) is 13.2 Å². The molecule has 0 saturated heterocycles. The second kappa shape index (κ2) is 9.11. The molecular weight excluding hydrogens is 434 g/mol. The third-order valence-electron chi connectivity index (χ3n) is 4.16. The normalized spacial score (nSPS) is 11.2. The highest BCUT2D eigenvalue weighted by atomic mass is 32.2. The van der Waals surface area contributed by atoms with Crippen LogP contribution >= 0.6 is 11.8 Å². The molecule has 2 aromatic heterocycles. The minimum absolute atomic E-state index is 0.0421. The summed E-state index contributed by atoms with van der Waals surface area (Å²) in [5, 5.41) is 10.9. The van der Waals surface area contributed by atoms with Gasteiger partial charge in [-0.15, -0.1) is 10.2 Å². The van der Waals surface area contributed by atoms with Gasteiger partial charge < -0.3 is 5.32 Å². The van der Waals surface area contributed by atoms with Crippen LogP contribution in [0.1, 0.15) is 0 Å². The number of amides is 1. The fourth-order valence-electron chi connectivity index (χ4n) is 2.76. The van der Waals surface area contributed by atoms with E-state index in [1.807, 2.05) is 18.2 Å². The molecule has 10 heteroatoms. The predicted molar refractivity (Wildman–Crippen MR) is 118 cm³/mol. The van der Waals surface area contributed by atoms with Gasteiger partial charge in [-0.05, 0) is 36.4 Å². The van der Waals surface area contributed by atoms with Gasteiger partial charge in [-0.2, -0.15) is 3.97 Å². The van der Waals surface area contributed by atoms with Crippen LogP contribution in [-0.2, 0) is 14.8 Å². The van der Waals surface area contributed by atoms with Crippen LogP contribution in [0, 0.1) is 0 Å². The van der Waals surface area contributed by atoms with Gasteiger partial charge in [0.15, 0.2) is 5.82 Å². The summed E-state index contributed by atoms with van der Waals surface area (Å²) in [4.78, 5) is 16.6. The van der Waals surface area contributed by atoms with Crippen molar-refractivity contribution in [1.82, 2.24) is 19.2 Å². The Bertz CT molecular complexity index is 1280. The van der Waals surface area contributed by atoms with E-state index < -0.39 is 10.0 Å². The maximum Gasteiger partial charge on any atom is 0.271 e. The first-order valence-corrected chi connectivity index (χ1v) is 11.6. The number of hydrogen-bond acceptors (Lipinski definition) is 7. The summed E-state index contributed by atoms with van der Waals surface area (Å²) in [7, 11) is -4.01. The van der Waals surface area contributed by atoms with Gasteiger partial charge in [-0.1, -0.05) is 54.2 Å². The van der Waals surface area contributed by atoms with E-state index in [-0.39, 0.29) is 27.5 Å². The molecule has 1 N–H and O–H groups in total. The first kappa shape index (κ1) is 20.8. The molecule has 0 radical (unpaired) electrons. The molecule has 0 aliphatic heterocycles. The van der Waals surface area contributed by atoms with Crippen molar-refractivity contribution in [3.8, 4) is 11.5 Å². The highest BCUT2D eigenvalue weighted by Gasteiger charge is 2.27. The zero-order valence-electron chi connectivity index (χ0n) is 16.1. The van der Waals surface area contributed by atoms with Crippen LogP contribution in [0.2, 0.25) is 0 Å². The van der Waals surface area contributed by atoms with E-state index in [4.69, 9.17) is 0 Å². The van der Waals surface area contributed by atoms with E-state index in [0.29, 0.717) is 11.4 Å². The molecule has 0 spiro atoms. The van der Waals surface area contributed by atoms with Gasteiger partial charge in [0.1, 0.15) is 5.69 Å². The summed E-state index contributed by atoms with van der Waals surface area (Å²) in [5.74, 6) is -0.253. The van der Waals surface area contributed by atoms with Crippen LogP contribution in [0.4, 0.5) is 5.69 Å². The van der Waals surface area contributed by atoms with Crippen LogP contribution in [0.5, 0.6) is 0 Å². The Morgan fingerprint density at radius 2 is 1.58 bits per heavy atom. The van der Waals surface area contributed by atoms with E-state index in [1.54, 1.807) is 54.7 Å². The molecule has 31 heavy (non-hydrogen) atoms. The number of pyridine rings is 1. The number of benzene rings is 2. The van der Waals surface area contributed by atoms with Crippen LogP contribution in [-0.4, -0.2) is 39.2 Å². The summed E-state index contributed by atoms with van der Waals surface area (Å²) in [5.41, 5.74) is 1.01. The van der Waals surface area contributed by atoms with Crippen molar-refractivity contribution in [2.75, 3.05) is 11.1 Å². The number of carbonyl (C=O) groups is 1. The van der Waals surface area contributed by atoms with Gasteiger partial charge in [0.2, 0.25) is 11.1 Å². The predicted octanol–water partition coefficient (Wildman–Crippen LogP) is 3.31. The Labute approximate surface area is 183 Å². The summed E-state index contributed by atoms with van der Waals surface area (Å²) in [6, 6.07) is 22.1. The van der Waals surface area contributed by atoms with Crippen molar-refractivity contribution in [1.29, 1.82) is 0 Å². The second-order valence-electron chi connectivity index (χ2n) is 6.31. The number of aromatic nitrogens is 4. The number of hydrogen-bond donors (Lipinski definition) is 1. The lowest BCUT2D eigenvalue weighted by molar-refractivity contribution is -0.113. The molecule has 0 aliphatic carbocycles. The topological polar surface area (TPSA) is 107 Å². The minimum atomic E-state index is -4.01. The van der Waals surface area contributed by atoms with Crippen molar-refractivity contribution in [3.05, 3.63) is 85.1 Å². The highest BCUT2D eigenvalue weighted by Crippen LogP contribution is 2.28. The van der Waals surface area contributed by atoms with Crippen LogP contribution in [0.3, 0.4) is 0 Å². The third-order valence-corrected chi connectivity index (χ3v) is 6.90. The molecule has 4 rings (SSSR count). The molecule has 0 fully saturated rings. The van der Waals surface area contributed by atoms with E-state index in [0.717, 1.165) is 15.7 Å². The SMILES string of the molecule is O=C(CSc1nnc(-c2ccccn2)n1S(=O)(=O)c1ccccc1)Nc1ccccc1. The Balaban J connectivity index is 1.67. The van der Waals surface area contributed by atoms with E-state index in [1.165, 1.54) is 12.1 Å². The first-order chi connectivity index (χ1) is 15.1. The highest BCUT2D eigenvalue weighted by molar-refractivity contribution is 8.00. The molecule has 2 heterocycles. The number of para-hydroxylation sites is 1. The Morgan fingerprint density at radius 1 is 0.903 bits per heavy atom. The molecule has 1 amide bonds. The van der Waals surface area contributed by atoms with Gasteiger partial charge in [0.25, 0.3) is 10.0 Å². The Hall–Kier alpha value is -3.50. The first-order valence-electron chi connectivity index (χ1n) is 9.21. The van der Waals surface area contributed by atoms with Crippen LogP contribution < -0.4 is 5.32 Å². The summed E-state index contributed by atoms with van der Waals surface area (Å²) < 4.78 is 27.8. The summed E-state index contributed by atoms with van der Waals surface area (Å²) in [6.07, 6.45) is 1.55. The lowest BCUT2D eigenvalue weighted by Crippen LogP contribution is -2.18. The van der Waals surface area contributed by atoms with Gasteiger partial charge in [0, 0.05) is 11.9 Å². The molecule has 0 unspecified atom stereocenters. The molecular formula is C21H17N5O3S2. The van der Waals surface area contributed by atoms with Gasteiger partial charge in [0.05, 0.1) is 10.6 Å². The number of carbonyl (C=O) groups excluding carboxylic acids is 1. The quantitative estimate of drug-likeness (QED) is 0.430. The molecule has 0 aliphatic rings. The summed E-state index contributed by atoms with van der Waals surface area (Å²) >= 11 is 0.982. The third kappa shape index (κ3) is 4.65. The molecule has 8 nitrogen and oxygen atoms in total. The maximum absolute atomic E-state index is 13.4. The van der Waals surface area contributed by atoms with Crippen molar-refractivity contribution >= 4 is 33.4 Å². The zero-order chi connectivity index (χ0) is 21.7. The molecule has 156 valence electrons. The smallest absolute Gasteiger partial charge is 0.271 e. The molecule has 0 atom stereocenters. The lowest BCUT2D eigenvalue weighted by atomic mass is 10.3. The second-order valence-corrected chi connectivity index (χ2v) is 9.04. The Kier molecular flexibility index (Phi) is 6.10. The largest absolute Gasteiger partial charge is 0.325 e. The van der Waals surface area contributed by atoms with Crippen LogP contribution in [0.25, 0.3) is 11.5 Å². The van der Waals surface area contributed by atoms with Crippen molar-refractivity contribution in [2.24, 2.45) is 0 Å². The van der Waals surface area contributed by atoms with Crippen LogP contribution in [0.15, 0.2) is 95.1 Å². The van der Waals surface area contributed by atoms with E-state index >= 15 is 0 Å². The van der Waals surface area contributed by atoms with Gasteiger partial charge in [-0.3, -0.25) is 9.78 Å². The van der Waals surface area contributed by atoms with Gasteiger partial charge in [-0.25, -0.2) is 8.42 Å². The molecule has 2 aromatic carbocycles. The lowest BCUT2D eigenvalue weighted by Gasteiger charge is -2.11. The van der Waals surface area contributed by atoms with Gasteiger partial charge >= 0.3 is 0 Å². The van der Waals surface area contributed by atoms with Crippen molar-refractivity contribution in [3.63, 3.8) is 0 Å². The standard InChI is InChI=1S/C21H17N5O3S2/c27-19(23-16-9-3-1-4-10-16)15-30-21-25-24-20(18-13-7-8-14-22-18)26(21)31(28,29)17-11-5-2-6-12-17/h1-14H,15H2,(H,23,27). The Morgan fingerprint density at radius 3 is 2.26 bits per heavy atom. The number of nitrogens with one attached hydrogen (secondary N) is 1. The zero-order valence-corrected chi connectivity index (χ0v) is 17.8. The minimum Gasteiger partial charge on any atom is -0.325 e. The summed E-state index contributed by atoms with van der Waals surface area (Å²) in [6.45, 7) is 0. The molecule has 0 saturated carbocycles. The average molecular weight is 452 g/mol. The fraction of sp³-hybridized carbons (Fsp3) is 0.0476. The number of thioether (sulfide) groups is 1. The molecule has 4 aromatic rings. The van der Waals surface area contributed by atoms with Crippen molar-refractivity contribution in [2.45, 2.75) is 10.1 Å². The number of anilines is 1. The fourth-order valence-corrected chi connectivity index (χ4v) is 5.16. The number of nitrogens with zero attached hydrogens (tertiary/aromatic N) is 4. The maximum atomic E-state index is 13.4. The molecule has 0 bridgehead atoms. The monoisotopic (exact) mass is 451 g/mol. The van der Waals surface area contributed by atoms with E-state index in [2.05, 4.69) is 20.5 Å². The average Bonchev–Trinajstić information content (AvgIpc) is 3.24. The number of rotatable bonds is 7. The van der Waals surface area contributed by atoms with Crippen molar-refractivity contribution < 1.29 is 13.2 Å².